The number of hydrogen-bond acceptors (Lipinski definition) is 7. The number of aliphatic hydroxyl groups is 1. The number of rotatable bonds is 36. The number of carbonyl (C=O) groups excluding carboxylic acids is 2. The average molecular weight is 802 g/mol. The highest BCUT2D eigenvalue weighted by Gasteiger charge is 2.43. The summed E-state index contributed by atoms with van der Waals surface area (Å²) in [6.07, 6.45) is 41.2. The predicted molar refractivity (Wildman–Crippen MR) is 231 cm³/mol. The fourth-order valence-corrected chi connectivity index (χ4v) is 6.69. The molecule has 55 heavy (non-hydrogen) atoms. The Labute approximate surface area is 339 Å². The minimum Gasteiger partial charge on any atom is -0.391 e. The molecule has 0 fully saturated rings. The van der Waals surface area contributed by atoms with Gasteiger partial charge in [-0.2, -0.15) is 8.42 Å². The third-order valence-electron chi connectivity index (χ3n) is 10.5. The Balaban J connectivity index is 0. The molecule has 0 saturated carbocycles. The van der Waals surface area contributed by atoms with Gasteiger partial charge in [-0.1, -0.05) is 141 Å². The van der Waals surface area contributed by atoms with Gasteiger partial charge in [0.2, 0.25) is 11.8 Å². The van der Waals surface area contributed by atoms with Gasteiger partial charge < -0.3 is 21.5 Å². The molecule has 0 aliphatic heterocycles. The first-order chi connectivity index (χ1) is 26.3. The molecule has 0 bridgehead atoms. The first kappa shape index (κ1) is 55.3. The Hall–Kier alpha value is -1.79. The fraction of sp³-hybridized carbons (Fsp3) is 0.864. The highest BCUT2D eigenvalue weighted by atomic mass is 32.3. The van der Waals surface area contributed by atoms with Crippen LogP contribution in [0.25, 0.3) is 0 Å². The smallest absolute Gasteiger partial charge is 0.391 e. The van der Waals surface area contributed by atoms with E-state index in [4.69, 9.17) is 10.3 Å². The zero-order valence-corrected chi connectivity index (χ0v) is 37.1. The van der Waals surface area contributed by atoms with Gasteiger partial charge in [-0.3, -0.25) is 18.3 Å². The molecule has 0 saturated heterocycles. The third-order valence-corrected chi connectivity index (χ3v) is 10.9. The van der Waals surface area contributed by atoms with Crippen LogP contribution >= 0.6 is 0 Å². The fourth-order valence-electron chi connectivity index (χ4n) is 6.69. The second-order valence-corrected chi connectivity index (χ2v) is 16.7. The Morgan fingerprint density at radius 1 is 0.582 bits per heavy atom. The second kappa shape index (κ2) is 37.8. The van der Waals surface area contributed by atoms with Crippen molar-refractivity contribution in [3.63, 3.8) is 0 Å². The molecule has 0 aliphatic rings. The number of unbranched alkanes of at least 4 members (excludes halogenated alkanes) is 22. The summed E-state index contributed by atoms with van der Waals surface area (Å²) in [4.78, 5) is 25.4. The molecule has 10 nitrogen and oxygen atoms in total. The van der Waals surface area contributed by atoms with E-state index in [-0.39, 0.29) is 11.8 Å². The molecular weight excluding hydrogens is 715 g/mol. The van der Waals surface area contributed by atoms with Crippen LogP contribution in [0.2, 0.25) is 0 Å². The van der Waals surface area contributed by atoms with Crippen LogP contribution in [0.4, 0.5) is 0 Å². The van der Waals surface area contributed by atoms with E-state index in [1.54, 1.807) is 6.92 Å². The summed E-state index contributed by atoms with van der Waals surface area (Å²) >= 11 is 0. The lowest BCUT2D eigenvalue weighted by molar-refractivity contribution is -0.123. The summed E-state index contributed by atoms with van der Waals surface area (Å²) in [5.41, 5.74) is 5.54. The highest BCUT2D eigenvalue weighted by molar-refractivity contribution is 7.80. The van der Waals surface area contributed by atoms with Crippen molar-refractivity contribution in [3.05, 3.63) is 24.3 Å². The van der Waals surface area contributed by atoms with Gasteiger partial charge in [-0.05, 0) is 85.0 Å². The number of nitrogens with one attached hydrogen (secondary N) is 2. The van der Waals surface area contributed by atoms with Crippen LogP contribution in [0.1, 0.15) is 214 Å². The summed E-state index contributed by atoms with van der Waals surface area (Å²) in [6, 6.07) is -0.975. The number of nitrogens with two attached hydrogens (primary N) is 1. The molecule has 3 atom stereocenters. The molecule has 0 rings (SSSR count). The minimum absolute atomic E-state index is 0.0487. The van der Waals surface area contributed by atoms with Gasteiger partial charge >= 0.3 is 10.4 Å². The zero-order chi connectivity index (χ0) is 41.6. The van der Waals surface area contributed by atoms with Crippen LogP contribution in [0.5, 0.6) is 0 Å². The van der Waals surface area contributed by atoms with Crippen molar-refractivity contribution < 1.29 is 31.8 Å². The van der Waals surface area contributed by atoms with Gasteiger partial charge in [0, 0.05) is 24.9 Å². The lowest BCUT2D eigenvalue weighted by atomic mass is 9.80. The van der Waals surface area contributed by atoms with Gasteiger partial charge in [-0.25, -0.2) is 0 Å². The van der Waals surface area contributed by atoms with Crippen molar-refractivity contribution in [1.29, 1.82) is 0 Å². The van der Waals surface area contributed by atoms with Crippen LogP contribution in [0, 0.1) is 0 Å². The lowest BCUT2D eigenvalue weighted by Crippen LogP contribution is -2.72. The maximum absolute atomic E-state index is 12.7. The van der Waals surface area contributed by atoms with Gasteiger partial charge in [0.15, 0.2) is 0 Å². The maximum Gasteiger partial charge on any atom is 0.397 e. The molecule has 11 heteroatoms. The van der Waals surface area contributed by atoms with Gasteiger partial charge in [0.25, 0.3) is 0 Å². The van der Waals surface area contributed by atoms with E-state index in [0.717, 1.165) is 58.5 Å². The lowest BCUT2D eigenvalue weighted by Gasteiger charge is -2.43. The topological polar surface area (TPSA) is 168 Å². The Bertz CT molecular complexity index is 1010. The maximum atomic E-state index is 12.7. The van der Waals surface area contributed by atoms with Crippen molar-refractivity contribution in [2.24, 2.45) is 5.73 Å². The Kier molecular flexibility index (Phi) is 38.0. The van der Waals surface area contributed by atoms with Crippen LogP contribution in [0.15, 0.2) is 24.3 Å². The third kappa shape index (κ3) is 35.1. The van der Waals surface area contributed by atoms with Crippen LogP contribution < -0.4 is 16.4 Å². The van der Waals surface area contributed by atoms with E-state index in [0.29, 0.717) is 12.8 Å². The monoisotopic (exact) mass is 802 g/mol. The van der Waals surface area contributed by atoms with Crippen molar-refractivity contribution in [2.45, 2.75) is 238 Å². The Morgan fingerprint density at radius 3 is 1.09 bits per heavy atom. The molecule has 0 aromatic carbocycles. The molecule has 0 aromatic heterocycles. The van der Waals surface area contributed by atoms with Gasteiger partial charge in [0.05, 0.1) is 18.8 Å². The first-order valence-corrected chi connectivity index (χ1v) is 23.5. The summed E-state index contributed by atoms with van der Waals surface area (Å²) in [7, 11) is -3.29. The van der Waals surface area contributed by atoms with Crippen molar-refractivity contribution in [3.8, 4) is 0 Å². The number of hydrogen-bond donors (Lipinski definition) is 5. The SMILES string of the molecule is CCCCCCCC/C=C\CCCCCCCC(=O)NC(C)C(N)(C(C)O)C(C)NC(=O)CCCCCCC/C=C\CCCCCCCC.COS(=O)(=O)O. The standard InChI is InChI=1S/C43H83N3O3.CH4O4S/c1-6-8-10-12-14-16-18-20-22-24-26-28-30-32-34-36-41(48)45-38(3)43(44,40(5)47)39(4)46-42(49)37-35-33-31-29-27-25-23-21-19-17-15-13-11-9-7-2;1-5-6(2,3)4/h20-23,38-40,47H,6-19,24-37,44H2,1-5H3,(H,45,48)(H,46,49);1H3,(H,2,3,4)/b22-20-,23-21-;. The largest absolute Gasteiger partial charge is 0.397 e. The summed E-state index contributed by atoms with van der Waals surface area (Å²) in [6.45, 7) is 9.82. The van der Waals surface area contributed by atoms with E-state index < -0.39 is 34.1 Å². The molecule has 0 spiro atoms. The number of carbonyl (C=O) groups is 2. The molecule has 0 radical (unpaired) electrons. The molecule has 6 N–H and O–H groups in total. The van der Waals surface area contributed by atoms with E-state index in [9.17, 15) is 23.1 Å². The van der Waals surface area contributed by atoms with Crippen LogP contribution in [-0.4, -0.2) is 60.7 Å². The van der Waals surface area contributed by atoms with E-state index >= 15 is 0 Å². The molecule has 0 aromatic rings. The zero-order valence-electron chi connectivity index (χ0n) is 36.3. The summed E-state index contributed by atoms with van der Waals surface area (Å²) in [5.74, 6) is -0.0974. The van der Waals surface area contributed by atoms with E-state index in [2.05, 4.69) is 53.0 Å². The highest BCUT2D eigenvalue weighted by Crippen LogP contribution is 2.20. The van der Waals surface area contributed by atoms with Crippen molar-refractivity contribution >= 4 is 22.2 Å². The molecule has 2 amide bonds. The van der Waals surface area contributed by atoms with Crippen LogP contribution in [0.3, 0.4) is 0 Å². The average Bonchev–Trinajstić information content (AvgIpc) is 3.14. The minimum atomic E-state index is -4.16. The van der Waals surface area contributed by atoms with Crippen LogP contribution in [-0.2, 0) is 24.2 Å². The number of aliphatic hydroxyl groups excluding tert-OH is 1. The number of allylic oxidation sites excluding steroid dienone is 4. The quantitative estimate of drug-likeness (QED) is 0.0237. The van der Waals surface area contributed by atoms with Crippen molar-refractivity contribution in [1.82, 2.24) is 10.6 Å². The second-order valence-electron chi connectivity index (χ2n) is 15.5. The van der Waals surface area contributed by atoms with Gasteiger partial charge in [-0.15, -0.1) is 0 Å². The molecule has 0 heterocycles. The van der Waals surface area contributed by atoms with Gasteiger partial charge in [0.1, 0.15) is 0 Å². The summed E-state index contributed by atoms with van der Waals surface area (Å²) in [5, 5.41) is 16.7. The molecular formula is C44H87N3O7S. The predicted octanol–water partition coefficient (Wildman–Crippen LogP) is 10.6. The Morgan fingerprint density at radius 2 is 0.836 bits per heavy atom. The summed E-state index contributed by atoms with van der Waals surface area (Å²) < 4.78 is 29.7. The molecule has 3 unspecified atom stereocenters. The normalized spacial score (nSPS) is 14.6. The van der Waals surface area contributed by atoms with E-state index in [1.165, 1.54) is 116 Å². The number of amides is 2. The molecule has 0 aliphatic carbocycles. The van der Waals surface area contributed by atoms with E-state index in [1.807, 2.05) is 13.8 Å². The van der Waals surface area contributed by atoms with Crippen molar-refractivity contribution in [2.75, 3.05) is 7.11 Å². The molecule has 326 valence electrons. The first-order valence-electron chi connectivity index (χ1n) is 22.1.